The molecule has 2 rings (SSSR count). The Morgan fingerprint density at radius 1 is 1.52 bits per heavy atom. The van der Waals surface area contributed by atoms with Gasteiger partial charge >= 0.3 is 0 Å². The number of nitrogens with one attached hydrogen (secondary N) is 1. The van der Waals surface area contributed by atoms with Crippen LogP contribution < -0.4 is 16.2 Å². The number of piperazine rings is 1. The van der Waals surface area contributed by atoms with E-state index in [1.807, 2.05) is 4.90 Å². The van der Waals surface area contributed by atoms with Crippen molar-refractivity contribution in [2.24, 2.45) is 5.73 Å². The molecule has 0 aliphatic carbocycles. The lowest BCUT2D eigenvalue weighted by molar-refractivity contribution is 0.219. The molecule has 1 aliphatic heterocycles. The lowest BCUT2D eigenvalue weighted by Crippen LogP contribution is -2.54. The van der Waals surface area contributed by atoms with E-state index in [-0.39, 0.29) is 16.6 Å². The van der Waals surface area contributed by atoms with Gasteiger partial charge in [-0.15, -0.1) is 0 Å². The van der Waals surface area contributed by atoms with Crippen LogP contribution in [-0.2, 0) is 0 Å². The Kier molecular flexibility index (Phi) is 5.55. The summed E-state index contributed by atoms with van der Waals surface area (Å²) in [7, 11) is 0. The van der Waals surface area contributed by atoms with Crippen molar-refractivity contribution >= 4 is 34.6 Å². The topological polar surface area (TPSA) is 78.2 Å². The molecular formula is C13H20ClN5OS. The maximum absolute atomic E-state index is 11.5. The molecular weight excluding hydrogens is 310 g/mol. The standard InChI is InChI=1S/C13H20ClN5OS/c1-2-3-9(11(15)21)18-4-6-19(7-5-18)12-10(14)13(20)17-8-16-12/h8-9H,2-7H2,1H3,(H2,15,21)(H,16,17,20). The first-order valence-electron chi connectivity index (χ1n) is 7.06. The van der Waals surface area contributed by atoms with Gasteiger partial charge in [0.25, 0.3) is 5.56 Å². The Labute approximate surface area is 134 Å². The van der Waals surface area contributed by atoms with Crippen LogP contribution in [0.1, 0.15) is 19.8 Å². The average Bonchev–Trinajstić information content (AvgIpc) is 2.48. The molecule has 0 amide bonds. The second kappa shape index (κ2) is 7.20. The van der Waals surface area contributed by atoms with Crippen LogP contribution in [-0.4, -0.2) is 52.1 Å². The normalized spacial score (nSPS) is 17.7. The van der Waals surface area contributed by atoms with Gasteiger partial charge in [-0.05, 0) is 6.42 Å². The van der Waals surface area contributed by atoms with Gasteiger partial charge in [0.2, 0.25) is 0 Å². The first-order valence-corrected chi connectivity index (χ1v) is 7.84. The Morgan fingerprint density at radius 3 is 2.76 bits per heavy atom. The number of aromatic nitrogens is 2. The van der Waals surface area contributed by atoms with Gasteiger partial charge in [-0.25, -0.2) is 4.98 Å². The van der Waals surface area contributed by atoms with Crippen LogP contribution >= 0.6 is 23.8 Å². The lowest BCUT2D eigenvalue weighted by Gasteiger charge is -2.39. The number of hydrogen-bond acceptors (Lipinski definition) is 5. The molecule has 1 aromatic rings. The highest BCUT2D eigenvalue weighted by molar-refractivity contribution is 7.80. The maximum Gasteiger partial charge on any atom is 0.271 e. The summed E-state index contributed by atoms with van der Waals surface area (Å²) >= 11 is 11.2. The second-order valence-electron chi connectivity index (χ2n) is 5.10. The zero-order chi connectivity index (χ0) is 15.4. The van der Waals surface area contributed by atoms with Gasteiger partial charge in [0.1, 0.15) is 5.02 Å². The van der Waals surface area contributed by atoms with Gasteiger partial charge in [-0.3, -0.25) is 9.69 Å². The van der Waals surface area contributed by atoms with Crippen molar-refractivity contribution < 1.29 is 0 Å². The fourth-order valence-electron chi connectivity index (χ4n) is 2.62. The smallest absolute Gasteiger partial charge is 0.271 e. The van der Waals surface area contributed by atoms with Crippen LogP contribution in [0.25, 0.3) is 0 Å². The van der Waals surface area contributed by atoms with Gasteiger partial charge in [0, 0.05) is 26.2 Å². The molecule has 1 unspecified atom stereocenters. The fourth-order valence-corrected chi connectivity index (χ4v) is 3.11. The third-order valence-electron chi connectivity index (χ3n) is 3.72. The molecule has 21 heavy (non-hydrogen) atoms. The molecule has 0 saturated carbocycles. The minimum atomic E-state index is -0.309. The van der Waals surface area contributed by atoms with E-state index < -0.39 is 0 Å². The summed E-state index contributed by atoms with van der Waals surface area (Å²) in [5.41, 5.74) is 5.53. The van der Waals surface area contributed by atoms with Crippen LogP contribution in [0.2, 0.25) is 5.02 Å². The predicted octanol–water partition coefficient (Wildman–Crippen LogP) is 1.00. The number of nitrogens with zero attached hydrogens (tertiary/aromatic N) is 3. The summed E-state index contributed by atoms with van der Waals surface area (Å²) < 4.78 is 0. The summed E-state index contributed by atoms with van der Waals surface area (Å²) in [6, 6.07) is 0.148. The summed E-state index contributed by atoms with van der Waals surface area (Å²) in [4.78, 5) is 23.0. The zero-order valence-electron chi connectivity index (χ0n) is 12.0. The van der Waals surface area contributed by atoms with Crippen molar-refractivity contribution in [1.82, 2.24) is 14.9 Å². The highest BCUT2D eigenvalue weighted by Crippen LogP contribution is 2.21. The van der Waals surface area contributed by atoms with E-state index in [0.717, 1.165) is 39.0 Å². The van der Waals surface area contributed by atoms with E-state index >= 15 is 0 Å². The SMILES string of the molecule is CCCC(C(N)=S)N1CCN(c2nc[nH]c(=O)c2Cl)CC1. The Bertz CT molecular complexity index is 556. The van der Waals surface area contributed by atoms with Crippen molar-refractivity contribution in [3.63, 3.8) is 0 Å². The van der Waals surface area contributed by atoms with Crippen molar-refractivity contribution in [2.45, 2.75) is 25.8 Å². The highest BCUT2D eigenvalue weighted by Gasteiger charge is 2.26. The molecule has 1 saturated heterocycles. The number of H-pyrrole nitrogens is 1. The van der Waals surface area contributed by atoms with Gasteiger partial charge in [0.05, 0.1) is 17.4 Å². The molecule has 1 aliphatic rings. The molecule has 0 bridgehead atoms. The van der Waals surface area contributed by atoms with E-state index in [1.165, 1.54) is 6.33 Å². The maximum atomic E-state index is 11.5. The molecule has 3 N–H and O–H groups in total. The minimum Gasteiger partial charge on any atom is -0.392 e. The number of halogens is 1. The quantitative estimate of drug-likeness (QED) is 0.785. The van der Waals surface area contributed by atoms with E-state index in [2.05, 4.69) is 21.8 Å². The van der Waals surface area contributed by atoms with Gasteiger partial charge in [-0.2, -0.15) is 0 Å². The van der Waals surface area contributed by atoms with Crippen LogP contribution in [0, 0.1) is 0 Å². The van der Waals surface area contributed by atoms with Crippen molar-refractivity contribution in [3.05, 3.63) is 21.7 Å². The lowest BCUT2D eigenvalue weighted by atomic mass is 10.1. The minimum absolute atomic E-state index is 0.144. The van der Waals surface area contributed by atoms with E-state index in [1.54, 1.807) is 0 Å². The Hall–Kier alpha value is -1.18. The van der Waals surface area contributed by atoms with Gasteiger partial charge < -0.3 is 15.6 Å². The molecule has 0 radical (unpaired) electrons. The third-order valence-corrected chi connectivity index (χ3v) is 4.34. The molecule has 116 valence electrons. The largest absolute Gasteiger partial charge is 0.392 e. The molecule has 1 aromatic heterocycles. The molecule has 8 heteroatoms. The monoisotopic (exact) mass is 329 g/mol. The van der Waals surface area contributed by atoms with Crippen molar-refractivity contribution in [3.8, 4) is 0 Å². The van der Waals surface area contributed by atoms with Crippen molar-refractivity contribution in [1.29, 1.82) is 0 Å². The number of rotatable bonds is 5. The van der Waals surface area contributed by atoms with E-state index in [4.69, 9.17) is 29.6 Å². The fraction of sp³-hybridized carbons (Fsp3) is 0.615. The summed E-state index contributed by atoms with van der Waals surface area (Å²) in [6.45, 7) is 5.28. The summed E-state index contributed by atoms with van der Waals surface area (Å²) in [5, 5.41) is 0.144. The number of nitrogens with two attached hydrogens (primary N) is 1. The Morgan fingerprint density at radius 2 is 2.19 bits per heavy atom. The van der Waals surface area contributed by atoms with E-state index in [9.17, 15) is 4.79 Å². The molecule has 1 fully saturated rings. The molecule has 0 aromatic carbocycles. The Balaban J connectivity index is 2.04. The molecule has 2 heterocycles. The van der Waals surface area contributed by atoms with Crippen LogP contribution in [0.4, 0.5) is 5.82 Å². The zero-order valence-corrected chi connectivity index (χ0v) is 13.6. The van der Waals surface area contributed by atoms with Crippen LogP contribution in [0.3, 0.4) is 0 Å². The average molecular weight is 330 g/mol. The number of aromatic amines is 1. The summed E-state index contributed by atoms with van der Waals surface area (Å²) in [5.74, 6) is 0.544. The molecule has 1 atom stereocenters. The molecule has 6 nitrogen and oxygen atoms in total. The second-order valence-corrected chi connectivity index (χ2v) is 5.95. The first kappa shape index (κ1) is 16.2. The van der Waals surface area contributed by atoms with Crippen LogP contribution in [0.5, 0.6) is 0 Å². The first-order chi connectivity index (χ1) is 10.0. The third kappa shape index (κ3) is 3.72. The van der Waals surface area contributed by atoms with E-state index in [0.29, 0.717) is 10.8 Å². The van der Waals surface area contributed by atoms with Gasteiger partial charge in [0.15, 0.2) is 5.82 Å². The summed E-state index contributed by atoms with van der Waals surface area (Å²) in [6.07, 6.45) is 3.40. The molecule has 0 spiro atoms. The highest BCUT2D eigenvalue weighted by atomic mass is 35.5. The van der Waals surface area contributed by atoms with Crippen LogP contribution in [0.15, 0.2) is 11.1 Å². The number of hydrogen-bond donors (Lipinski definition) is 2. The number of thiocarbonyl (C=S) groups is 1. The van der Waals surface area contributed by atoms with Gasteiger partial charge in [-0.1, -0.05) is 37.2 Å². The van der Waals surface area contributed by atoms with Crippen molar-refractivity contribution in [2.75, 3.05) is 31.1 Å². The number of anilines is 1. The predicted molar refractivity (Wildman–Crippen MR) is 89.1 cm³/mol.